The Balaban J connectivity index is 1.78. The van der Waals surface area contributed by atoms with Gasteiger partial charge in [0, 0.05) is 19.5 Å². The third kappa shape index (κ3) is 3.98. The summed E-state index contributed by atoms with van der Waals surface area (Å²) in [5.74, 6) is 0.875. The molecule has 17 heavy (non-hydrogen) atoms. The number of rotatable bonds is 2. The second-order valence-electron chi connectivity index (χ2n) is 5.70. The largest absolute Gasteiger partial charge is 0.391 e. The van der Waals surface area contributed by atoms with Crippen LogP contribution in [-0.2, 0) is 4.79 Å². The lowest BCUT2D eigenvalue weighted by atomic mass is 9.95. The van der Waals surface area contributed by atoms with Crippen molar-refractivity contribution in [1.82, 2.24) is 4.90 Å². The minimum atomic E-state index is -0.290. The standard InChI is InChI=1S/C14H25NO2/c16-13-8-5-9-15(11-13)14(17)10-12-6-3-1-2-4-7-12/h12-13,16H,1-11H2/t13-/m0/s1. The smallest absolute Gasteiger partial charge is 0.222 e. The summed E-state index contributed by atoms with van der Waals surface area (Å²) < 4.78 is 0. The number of piperidine rings is 1. The predicted octanol–water partition coefficient (Wildman–Crippen LogP) is 2.33. The second kappa shape index (κ2) is 6.39. The molecule has 1 N–H and O–H groups in total. The molecule has 1 saturated heterocycles. The van der Waals surface area contributed by atoms with Crippen LogP contribution in [0.1, 0.15) is 57.8 Å². The van der Waals surface area contributed by atoms with Crippen molar-refractivity contribution in [3.05, 3.63) is 0 Å². The quantitative estimate of drug-likeness (QED) is 0.751. The van der Waals surface area contributed by atoms with Crippen LogP contribution in [0.15, 0.2) is 0 Å². The van der Waals surface area contributed by atoms with Gasteiger partial charge in [-0.2, -0.15) is 0 Å². The summed E-state index contributed by atoms with van der Waals surface area (Å²) in [5, 5.41) is 9.59. The van der Waals surface area contributed by atoms with Crippen LogP contribution in [0.25, 0.3) is 0 Å². The summed E-state index contributed by atoms with van der Waals surface area (Å²) in [5.41, 5.74) is 0. The monoisotopic (exact) mass is 239 g/mol. The summed E-state index contributed by atoms with van der Waals surface area (Å²) >= 11 is 0. The van der Waals surface area contributed by atoms with Gasteiger partial charge in [0.15, 0.2) is 0 Å². The molecule has 1 heterocycles. The molecule has 0 unspecified atom stereocenters. The molecule has 1 saturated carbocycles. The van der Waals surface area contributed by atoms with Gasteiger partial charge in [0.25, 0.3) is 0 Å². The molecule has 2 aliphatic rings. The number of nitrogens with zero attached hydrogens (tertiary/aromatic N) is 1. The molecule has 2 rings (SSSR count). The zero-order valence-electron chi connectivity index (χ0n) is 10.7. The minimum absolute atomic E-state index is 0.274. The van der Waals surface area contributed by atoms with Gasteiger partial charge >= 0.3 is 0 Å². The van der Waals surface area contributed by atoms with Gasteiger partial charge in [-0.15, -0.1) is 0 Å². The van der Waals surface area contributed by atoms with E-state index in [1.807, 2.05) is 4.90 Å². The van der Waals surface area contributed by atoms with E-state index in [1.165, 1.54) is 38.5 Å². The van der Waals surface area contributed by atoms with Crippen LogP contribution in [0, 0.1) is 5.92 Å². The lowest BCUT2D eigenvalue weighted by molar-refractivity contribution is -0.135. The third-order valence-corrected chi connectivity index (χ3v) is 4.19. The van der Waals surface area contributed by atoms with Gasteiger partial charge in [-0.1, -0.05) is 25.7 Å². The fourth-order valence-electron chi connectivity index (χ4n) is 3.13. The summed E-state index contributed by atoms with van der Waals surface area (Å²) in [6.45, 7) is 1.41. The van der Waals surface area contributed by atoms with Gasteiger partial charge in [0.1, 0.15) is 0 Å². The fraction of sp³-hybridized carbons (Fsp3) is 0.929. The molecule has 3 nitrogen and oxygen atoms in total. The zero-order valence-corrected chi connectivity index (χ0v) is 10.7. The van der Waals surface area contributed by atoms with Crippen molar-refractivity contribution in [3.8, 4) is 0 Å². The topological polar surface area (TPSA) is 40.5 Å². The number of hydrogen-bond acceptors (Lipinski definition) is 2. The highest BCUT2D eigenvalue weighted by atomic mass is 16.3. The van der Waals surface area contributed by atoms with Crippen molar-refractivity contribution in [1.29, 1.82) is 0 Å². The zero-order chi connectivity index (χ0) is 12.1. The molecule has 1 aliphatic heterocycles. The van der Waals surface area contributed by atoms with E-state index < -0.39 is 0 Å². The highest BCUT2D eigenvalue weighted by Gasteiger charge is 2.24. The van der Waals surface area contributed by atoms with Crippen molar-refractivity contribution >= 4 is 5.91 Å². The van der Waals surface area contributed by atoms with Crippen LogP contribution < -0.4 is 0 Å². The number of carbonyl (C=O) groups is 1. The van der Waals surface area contributed by atoms with E-state index in [0.717, 1.165) is 19.4 Å². The normalized spacial score (nSPS) is 27.8. The van der Waals surface area contributed by atoms with E-state index in [-0.39, 0.29) is 12.0 Å². The van der Waals surface area contributed by atoms with Crippen LogP contribution in [0.5, 0.6) is 0 Å². The van der Waals surface area contributed by atoms with Crippen LogP contribution >= 0.6 is 0 Å². The van der Waals surface area contributed by atoms with Crippen LogP contribution in [0.3, 0.4) is 0 Å². The van der Waals surface area contributed by atoms with E-state index in [2.05, 4.69) is 0 Å². The summed E-state index contributed by atoms with van der Waals surface area (Å²) in [7, 11) is 0. The molecule has 1 aliphatic carbocycles. The van der Waals surface area contributed by atoms with Crippen LogP contribution in [-0.4, -0.2) is 35.1 Å². The summed E-state index contributed by atoms with van der Waals surface area (Å²) in [4.78, 5) is 14.0. The number of β-amino-alcohol motifs (C(OH)–C–C–N with tert-alkyl or cyclic N) is 1. The molecular formula is C14H25NO2. The van der Waals surface area contributed by atoms with Gasteiger partial charge in [0.05, 0.1) is 6.10 Å². The van der Waals surface area contributed by atoms with Gasteiger partial charge in [-0.05, 0) is 31.6 Å². The van der Waals surface area contributed by atoms with Gasteiger partial charge < -0.3 is 10.0 Å². The molecule has 1 atom stereocenters. The average Bonchev–Trinajstić information content (AvgIpc) is 2.57. The first-order valence-electron chi connectivity index (χ1n) is 7.21. The van der Waals surface area contributed by atoms with Gasteiger partial charge in [0.2, 0.25) is 5.91 Å². The Bertz CT molecular complexity index is 247. The molecule has 1 amide bonds. The van der Waals surface area contributed by atoms with E-state index in [1.54, 1.807) is 0 Å². The van der Waals surface area contributed by atoms with Crippen molar-refractivity contribution in [2.75, 3.05) is 13.1 Å². The molecule has 3 heteroatoms. The number of aliphatic hydroxyl groups is 1. The number of amides is 1. The molecule has 0 aromatic carbocycles. The van der Waals surface area contributed by atoms with E-state index in [4.69, 9.17) is 0 Å². The maximum Gasteiger partial charge on any atom is 0.222 e. The number of likely N-dealkylation sites (tertiary alicyclic amines) is 1. The molecule has 0 radical (unpaired) electrons. The minimum Gasteiger partial charge on any atom is -0.391 e. The van der Waals surface area contributed by atoms with Gasteiger partial charge in [-0.25, -0.2) is 0 Å². The molecular weight excluding hydrogens is 214 g/mol. The lowest BCUT2D eigenvalue weighted by Gasteiger charge is -2.31. The Morgan fingerprint density at radius 1 is 1.06 bits per heavy atom. The highest BCUT2D eigenvalue weighted by Crippen LogP contribution is 2.26. The number of hydrogen-bond donors (Lipinski definition) is 1. The molecule has 98 valence electrons. The van der Waals surface area contributed by atoms with Crippen molar-refractivity contribution in [2.45, 2.75) is 63.9 Å². The first-order chi connectivity index (χ1) is 8.25. The molecule has 0 spiro atoms. The summed E-state index contributed by atoms with van der Waals surface area (Å²) in [6, 6.07) is 0. The Labute approximate surface area is 104 Å². The fourth-order valence-corrected chi connectivity index (χ4v) is 3.13. The second-order valence-corrected chi connectivity index (χ2v) is 5.70. The van der Waals surface area contributed by atoms with E-state index in [9.17, 15) is 9.90 Å². The van der Waals surface area contributed by atoms with Crippen molar-refractivity contribution in [2.24, 2.45) is 5.92 Å². The lowest BCUT2D eigenvalue weighted by Crippen LogP contribution is -2.42. The maximum absolute atomic E-state index is 12.1. The van der Waals surface area contributed by atoms with E-state index in [0.29, 0.717) is 18.9 Å². The average molecular weight is 239 g/mol. The molecule has 0 aromatic rings. The highest BCUT2D eigenvalue weighted by molar-refractivity contribution is 5.76. The first-order valence-corrected chi connectivity index (χ1v) is 7.21. The van der Waals surface area contributed by atoms with Crippen molar-refractivity contribution < 1.29 is 9.90 Å². The van der Waals surface area contributed by atoms with E-state index >= 15 is 0 Å². The molecule has 0 bridgehead atoms. The molecule has 2 fully saturated rings. The van der Waals surface area contributed by atoms with Crippen molar-refractivity contribution in [3.63, 3.8) is 0 Å². The Morgan fingerprint density at radius 3 is 2.41 bits per heavy atom. The van der Waals surface area contributed by atoms with Gasteiger partial charge in [-0.3, -0.25) is 4.79 Å². The number of carbonyl (C=O) groups excluding carboxylic acids is 1. The third-order valence-electron chi connectivity index (χ3n) is 4.19. The first kappa shape index (κ1) is 12.9. The SMILES string of the molecule is O=C(CC1CCCCCC1)N1CCC[C@H](O)C1. The Hall–Kier alpha value is -0.570. The molecule has 0 aromatic heterocycles. The Kier molecular flexibility index (Phi) is 4.84. The van der Waals surface area contributed by atoms with Crippen LogP contribution in [0.2, 0.25) is 0 Å². The maximum atomic E-state index is 12.1. The number of aliphatic hydroxyl groups excluding tert-OH is 1. The van der Waals surface area contributed by atoms with Crippen LogP contribution in [0.4, 0.5) is 0 Å². The summed E-state index contributed by atoms with van der Waals surface area (Å²) in [6.07, 6.45) is 9.95. The Morgan fingerprint density at radius 2 is 1.76 bits per heavy atom. The predicted molar refractivity (Wildman–Crippen MR) is 67.6 cm³/mol.